The molecule has 0 saturated carbocycles. The molecule has 1 aromatic heterocycles. The van der Waals surface area contributed by atoms with Crippen LogP contribution >= 0.6 is 22.9 Å². The van der Waals surface area contributed by atoms with E-state index >= 15 is 0 Å². The second-order valence-corrected chi connectivity index (χ2v) is 3.77. The first kappa shape index (κ1) is 8.77. The summed E-state index contributed by atoms with van der Waals surface area (Å²) in [5.41, 5.74) is 0.977. The lowest BCUT2D eigenvalue weighted by Gasteiger charge is -2.03. The fourth-order valence-electron chi connectivity index (χ4n) is 0.924. The highest BCUT2D eigenvalue weighted by Gasteiger charge is 2.04. The maximum Gasteiger partial charge on any atom is 0.262 e. The molecule has 0 aliphatic carbocycles. The van der Waals surface area contributed by atoms with Crippen LogP contribution in [0.2, 0.25) is 0 Å². The number of hydrogen-bond acceptors (Lipinski definition) is 1. The van der Waals surface area contributed by atoms with Gasteiger partial charge < -0.3 is 0 Å². The van der Waals surface area contributed by atoms with E-state index in [4.69, 9.17) is 0 Å². The summed E-state index contributed by atoms with van der Waals surface area (Å²) in [7, 11) is 0. The first-order valence-corrected chi connectivity index (χ1v) is 4.47. The average Bonchev–Trinajstić information content (AvgIpc) is 1.94. The summed E-state index contributed by atoms with van der Waals surface area (Å²) in [5.74, 6) is 0.310. The Hall–Kier alpha value is -0.320. The second-order valence-electron chi connectivity index (χ2n) is 2.73. The molecule has 0 fully saturated rings. The van der Waals surface area contributed by atoms with Crippen LogP contribution in [0.25, 0.3) is 0 Å². The molecule has 0 atom stereocenters. The zero-order valence-electron chi connectivity index (χ0n) is 6.54. The molecule has 0 aliphatic rings. The standard InChI is InChI=1S/C8H10INO/c1-6(2)7-4-3-5-10(9)8(7)11/h3-6H,1-2H3. The van der Waals surface area contributed by atoms with Crippen LogP contribution in [0.5, 0.6) is 0 Å². The van der Waals surface area contributed by atoms with Crippen molar-refractivity contribution < 1.29 is 0 Å². The Morgan fingerprint density at radius 1 is 1.55 bits per heavy atom. The summed E-state index contributed by atoms with van der Waals surface area (Å²) in [6, 6.07) is 3.77. The van der Waals surface area contributed by atoms with Crippen LogP contribution < -0.4 is 5.56 Å². The minimum Gasteiger partial charge on any atom is -0.268 e. The summed E-state index contributed by atoms with van der Waals surface area (Å²) in [5, 5.41) is 0. The first-order valence-electron chi connectivity index (χ1n) is 3.50. The first-order chi connectivity index (χ1) is 5.13. The number of pyridine rings is 1. The molecule has 0 amide bonds. The van der Waals surface area contributed by atoms with Crippen molar-refractivity contribution in [1.29, 1.82) is 0 Å². The van der Waals surface area contributed by atoms with Crippen molar-refractivity contribution in [3.8, 4) is 0 Å². The van der Waals surface area contributed by atoms with E-state index in [0.29, 0.717) is 5.92 Å². The van der Waals surface area contributed by atoms with Gasteiger partial charge in [-0.2, -0.15) is 0 Å². The van der Waals surface area contributed by atoms with Crippen molar-refractivity contribution in [2.45, 2.75) is 19.8 Å². The number of rotatable bonds is 1. The lowest BCUT2D eigenvalue weighted by Crippen LogP contribution is -2.17. The van der Waals surface area contributed by atoms with Crippen LogP contribution in [0.15, 0.2) is 23.1 Å². The van der Waals surface area contributed by atoms with Crippen molar-refractivity contribution in [2.75, 3.05) is 0 Å². The molecule has 3 heteroatoms. The molecule has 0 N–H and O–H groups in total. The maximum atomic E-state index is 11.4. The largest absolute Gasteiger partial charge is 0.268 e. The smallest absolute Gasteiger partial charge is 0.262 e. The van der Waals surface area contributed by atoms with E-state index in [1.807, 2.05) is 48.8 Å². The van der Waals surface area contributed by atoms with Crippen LogP contribution in [-0.4, -0.2) is 2.78 Å². The van der Waals surface area contributed by atoms with E-state index in [1.54, 1.807) is 8.98 Å². The fraction of sp³-hybridized carbons (Fsp3) is 0.375. The van der Waals surface area contributed by atoms with Gasteiger partial charge in [-0.15, -0.1) is 0 Å². The van der Waals surface area contributed by atoms with E-state index in [-0.39, 0.29) is 5.56 Å². The van der Waals surface area contributed by atoms with Gasteiger partial charge in [-0.05, 0) is 12.0 Å². The van der Waals surface area contributed by atoms with Gasteiger partial charge in [0.1, 0.15) is 0 Å². The monoisotopic (exact) mass is 263 g/mol. The Labute approximate surface area is 79.7 Å². The molecule has 1 heterocycles. The maximum absolute atomic E-state index is 11.4. The molecule has 0 aromatic carbocycles. The van der Waals surface area contributed by atoms with Crippen molar-refractivity contribution in [3.05, 3.63) is 34.2 Å². The summed E-state index contributed by atoms with van der Waals surface area (Å²) < 4.78 is 1.58. The third-order valence-corrected chi connectivity index (χ3v) is 2.32. The topological polar surface area (TPSA) is 22.0 Å². The summed E-state index contributed by atoms with van der Waals surface area (Å²) >= 11 is 1.99. The van der Waals surface area contributed by atoms with Gasteiger partial charge in [0.2, 0.25) is 0 Å². The molecule has 2 nitrogen and oxygen atoms in total. The van der Waals surface area contributed by atoms with Crippen LogP contribution in [0, 0.1) is 0 Å². The van der Waals surface area contributed by atoms with Gasteiger partial charge >= 0.3 is 0 Å². The number of nitrogens with zero attached hydrogens (tertiary/aromatic N) is 1. The number of aromatic nitrogens is 1. The Kier molecular flexibility index (Phi) is 2.70. The van der Waals surface area contributed by atoms with Gasteiger partial charge in [0.05, 0.1) is 22.9 Å². The SMILES string of the molecule is CC(C)c1cccn(I)c1=O. The molecule has 1 rings (SSSR count). The van der Waals surface area contributed by atoms with Gasteiger partial charge in [0, 0.05) is 11.8 Å². The van der Waals surface area contributed by atoms with Crippen molar-refractivity contribution in [3.63, 3.8) is 0 Å². The summed E-state index contributed by atoms with van der Waals surface area (Å²) in [4.78, 5) is 11.4. The van der Waals surface area contributed by atoms with Gasteiger partial charge in [-0.25, -0.2) is 0 Å². The van der Waals surface area contributed by atoms with E-state index < -0.39 is 0 Å². The Morgan fingerprint density at radius 2 is 2.18 bits per heavy atom. The fourth-order valence-corrected chi connectivity index (χ4v) is 1.39. The molecule has 11 heavy (non-hydrogen) atoms. The van der Waals surface area contributed by atoms with E-state index in [0.717, 1.165) is 5.56 Å². The molecule has 0 unspecified atom stereocenters. The molecule has 0 aliphatic heterocycles. The molecular weight excluding hydrogens is 253 g/mol. The predicted molar refractivity (Wildman–Crippen MR) is 54.2 cm³/mol. The van der Waals surface area contributed by atoms with Crippen LogP contribution in [-0.2, 0) is 0 Å². The van der Waals surface area contributed by atoms with Crippen LogP contribution in [0.4, 0.5) is 0 Å². The third-order valence-electron chi connectivity index (χ3n) is 1.56. The molecule has 1 aromatic rings. The predicted octanol–water partition coefficient (Wildman–Crippen LogP) is 2.17. The third kappa shape index (κ3) is 1.83. The molecule has 0 bridgehead atoms. The normalized spacial score (nSPS) is 10.5. The molecule has 60 valence electrons. The highest BCUT2D eigenvalue weighted by atomic mass is 127. The second kappa shape index (κ2) is 3.38. The lowest BCUT2D eigenvalue weighted by atomic mass is 10.1. The Bertz CT molecular complexity index is 303. The van der Waals surface area contributed by atoms with Crippen molar-refractivity contribution in [2.24, 2.45) is 0 Å². The van der Waals surface area contributed by atoms with Crippen LogP contribution in [0.3, 0.4) is 0 Å². The zero-order chi connectivity index (χ0) is 8.43. The highest BCUT2D eigenvalue weighted by molar-refractivity contribution is 14.1. The quantitative estimate of drug-likeness (QED) is 0.712. The van der Waals surface area contributed by atoms with Crippen molar-refractivity contribution >= 4 is 22.9 Å². The molecular formula is C8H10INO. The molecule has 0 saturated heterocycles. The molecule has 0 spiro atoms. The Balaban J connectivity index is 3.28. The van der Waals surface area contributed by atoms with Gasteiger partial charge in [-0.3, -0.25) is 7.58 Å². The Morgan fingerprint density at radius 3 is 2.64 bits per heavy atom. The minimum absolute atomic E-state index is 0.100. The average molecular weight is 263 g/mol. The van der Waals surface area contributed by atoms with Crippen molar-refractivity contribution in [1.82, 2.24) is 2.78 Å². The minimum atomic E-state index is 0.100. The summed E-state index contributed by atoms with van der Waals surface area (Å²) in [6.07, 6.45) is 1.76. The number of hydrogen-bond donors (Lipinski definition) is 0. The van der Waals surface area contributed by atoms with Gasteiger partial charge in [0.25, 0.3) is 5.56 Å². The molecule has 0 radical (unpaired) electrons. The highest BCUT2D eigenvalue weighted by Crippen LogP contribution is 2.08. The van der Waals surface area contributed by atoms with E-state index in [1.165, 1.54) is 0 Å². The van der Waals surface area contributed by atoms with E-state index in [9.17, 15) is 4.79 Å². The van der Waals surface area contributed by atoms with Gasteiger partial charge in [-0.1, -0.05) is 19.9 Å². The van der Waals surface area contributed by atoms with Crippen LogP contribution in [0.1, 0.15) is 25.3 Å². The number of halogens is 1. The zero-order valence-corrected chi connectivity index (χ0v) is 8.70. The summed E-state index contributed by atoms with van der Waals surface area (Å²) in [6.45, 7) is 4.04. The van der Waals surface area contributed by atoms with E-state index in [2.05, 4.69) is 0 Å². The lowest BCUT2D eigenvalue weighted by molar-refractivity contribution is 0.841. The van der Waals surface area contributed by atoms with Gasteiger partial charge in [0.15, 0.2) is 0 Å².